The van der Waals surface area contributed by atoms with Gasteiger partial charge in [-0.15, -0.1) is 0 Å². The van der Waals surface area contributed by atoms with Crippen LogP contribution in [0, 0.1) is 12.8 Å². The standard InChI is InChI=1S/C23H25N3O3/c1-4-25-15(2)11-16-12-18(9-10-19(16)25)24-23(28)17-13-22(27)26(14-17)20-7-5-6-8-21(20)29-3/h5-12,17H,4,13-14H2,1-3H3,(H,24,28). The van der Waals surface area contributed by atoms with Gasteiger partial charge >= 0.3 is 0 Å². The number of nitrogens with one attached hydrogen (secondary N) is 1. The number of methoxy groups -OCH3 is 1. The van der Waals surface area contributed by atoms with E-state index in [0.717, 1.165) is 23.1 Å². The van der Waals surface area contributed by atoms with Crippen LogP contribution in [0.4, 0.5) is 11.4 Å². The lowest BCUT2D eigenvalue weighted by molar-refractivity contribution is -0.122. The average molecular weight is 391 g/mol. The SMILES string of the molecule is CCn1c(C)cc2cc(NC(=O)C3CC(=O)N(c4ccccc4OC)C3)ccc21. The van der Waals surface area contributed by atoms with E-state index in [4.69, 9.17) is 4.74 Å². The van der Waals surface area contributed by atoms with Crippen molar-refractivity contribution >= 4 is 34.1 Å². The van der Waals surface area contributed by atoms with E-state index in [-0.39, 0.29) is 18.2 Å². The van der Waals surface area contributed by atoms with Gasteiger partial charge in [0.05, 0.1) is 18.7 Å². The Hall–Kier alpha value is -3.28. The van der Waals surface area contributed by atoms with Crippen LogP contribution in [0.5, 0.6) is 5.75 Å². The quantitative estimate of drug-likeness (QED) is 0.716. The Bertz CT molecular complexity index is 1090. The van der Waals surface area contributed by atoms with E-state index in [9.17, 15) is 9.59 Å². The molecule has 3 aromatic rings. The summed E-state index contributed by atoms with van der Waals surface area (Å²) in [4.78, 5) is 27.0. The molecule has 0 bridgehead atoms. The number of ether oxygens (including phenoxy) is 1. The van der Waals surface area contributed by atoms with Crippen LogP contribution in [0.1, 0.15) is 19.0 Å². The molecule has 0 aliphatic carbocycles. The van der Waals surface area contributed by atoms with Crippen molar-refractivity contribution in [2.24, 2.45) is 5.92 Å². The maximum absolute atomic E-state index is 12.8. The Balaban J connectivity index is 1.51. The van der Waals surface area contributed by atoms with Gasteiger partial charge in [-0.1, -0.05) is 12.1 Å². The molecule has 150 valence electrons. The zero-order chi connectivity index (χ0) is 20.5. The summed E-state index contributed by atoms with van der Waals surface area (Å²) in [5.41, 5.74) is 3.80. The number of amides is 2. The summed E-state index contributed by atoms with van der Waals surface area (Å²) in [6.07, 6.45) is 0.192. The summed E-state index contributed by atoms with van der Waals surface area (Å²) in [7, 11) is 1.58. The summed E-state index contributed by atoms with van der Waals surface area (Å²) in [5.74, 6) is 0.0238. The Morgan fingerprint density at radius 2 is 2.00 bits per heavy atom. The monoisotopic (exact) mass is 391 g/mol. The largest absolute Gasteiger partial charge is 0.495 e. The molecule has 1 atom stereocenters. The molecule has 1 N–H and O–H groups in total. The van der Waals surface area contributed by atoms with Gasteiger partial charge in [-0.2, -0.15) is 0 Å². The Labute approximate surface area is 170 Å². The maximum atomic E-state index is 12.8. The number of fused-ring (bicyclic) bond motifs is 1. The Morgan fingerprint density at radius 1 is 1.21 bits per heavy atom. The van der Waals surface area contributed by atoms with E-state index in [2.05, 4.69) is 29.8 Å². The van der Waals surface area contributed by atoms with Crippen molar-refractivity contribution < 1.29 is 14.3 Å². The average Bonchev–Trinajstić information content (AvgIpc) is 3.26. The number of hydrogen-bond donors (Lipinski definition) is 1. The van der Waals surface area contributed by atoms with Gasteiger partial charge in [-0.05, 0) is 50.2 Å². The van der Waals surface area contributed by atoms with Crippen LogP contribution in [0.15, 0.2) is 48.5 Å². The molecule has 1 fully saturated rings. The Kier molecular flexibility index (Phi) is 5.01. The highest BCUT2D eigenvalue weighted by Crippen LogP contribution is 2.33. The van der Waals surface area contributed by atoms with Crippen LogP contribution in [0.25, 0.3) is 10.9 Å². The number of aromatic nitrogens is 1. The van der Waals surface area contributed by atoms with Gasteiger partial charge in [0.2, 0.25) is 11.8 Å². The lowest BCUT2D eigenvalue weighted by Gasteiger charge is -2.19. The van der Waals surface area contributed by atoms with Gasteiger partial charge in [0, 0.05) is 41.8 Å². The number of carbonyl (C=O) groups is 2. The van der Waals surface area contributed by atoms with Crippen LogP contribution in [-0.2, 0) is 16.1 Å². The summed E-state index contributed by atoms with van der Waals surface area (Å²) in [6, 6.07) is 15.4. The molecule has 4 rings (SSSR count). The molecule has 2 amide bonds. The summed E-state index contributed by atoms with van der Waals surface area (Å²) in [6.45, 7) is 5.45. The van der Waals surface area contributed by atoms with Crippen LogP contribution in [-0.4, -0.2) is 30.0 Å². The van der Waals surface area contributed by atoms with Crippen molar-refractivity contribution in [3.8, 4) is 5.75 Å². The molecule has 6 nitrogen and oxygen atoms in total. The second-order valence-corrected chi connectivity index (χ2v) is 7.37. The number of para-hydroxylation sites is 2. The van der Waals surface area contributed by atoms with Crippen molar-refractivity contribution in [3.63, 3.8) is 0 Å². The number of benzene rings is 2. The summed E-state index contributed by atoms with van der Waals surface area (Å²) < 4.78 is 7.60. The van der Waals surface area contributed by atoms with Gasteiger partial charge < -0.3 is 19.5 Å². The lowest BCUT2D eigenvalue weighted by Crippen LogP contribution is -2.28. The third-order valence-electron chi connectivity index (χ3n) is 5.56. The van der Waals surface area contributed by atoms with Crippen molar-refractivity contribution in [2.45, 2.75) is 26.8 Å². The first-order valence-electron chi connectivity index (χ1n) is 9.86. The fraction of sp³-hybridized carbons (Fsp3) is 0.304. The molecule has 1 saturated heterocycles. The van der Waals surface area contributed by atoms with Gasteiger partial charge in [-0.3, -0.25) is 9.59 Å². The normalized spacial score (nSPS) is 16.4. The van der Waals surface area contributed by atoms with Crippen molar-refractivity contribution in [1.82, 2.24) is 4.57 Å². The first-order valence-corrected chi connectivity index (χ1v) is 9.86. The number of anilines is 2. The molecule has 2 heterocycles. The highest BCUT2D eigenvalue weighted by atomic mass is 16.5. The third-order valence-corrected chi connectivity index (χ3v) is 5.56. The highest BCUT2D eigenvalue weighted by Gasteiger charge is 2.36. The van der Waals surface area contributed by atoms with E-state index in [1.807, 2.05) is 42.5 Å². The predicted molar refractivity (Wildman–Crippen MR) is 114 cm³/mol. The second kappa shape index (κ2) is 7.62. The minimum atomic E-state index is -0.398. The Morgan fingerprint density at radius 3 is 2.76 bits per heavy atom. The number of hydrogen-bond acceptors (Lipinski definition) is 3. The first kappa shape index (κ1) is 19.1. The predicted octanol–water partition coefficient (Wildman–Crippen LogP) is 3.97. The molecular weight excluding hydrogens is 366 g/mol. The van der Waals surface area contributed by atoms with Gasteiger partial charge in [-0.25, -0.2) is 0 Å². The smallest absolute Gasteiger partial charge is 0.229 e. The van der Waals surface area contributed by atoms with Gasteiger partial charge in [0.15, 0.2) is 0 Å². The summed E-state index contributed by atoms with van der Waals surface area (Å²) >= 11 is 0. The number of nitrogens with zero attached hydrogens (tertiary/aromatic N) is 2. The highest BCUT2D eigenvalue weighted by molar-refractivity contribution is 6.04. The van der Waals surface area contributed by atoms with E-state index in [1.165, 1.54) is 5.69 Å². The summed E-state index contributed by atoms with van der Waals surface area (Å²) in [5, 5.41) is 4.08. The number of aryl methyl sites for hydroxylation is 2. The molecule has 1 aliphatic rings. The minimum Gasteiger partial charge on any atom is -0.495 e. The molecule has 2 aromatic carbocycles. The molecule has 29 heavy (non-hydrogen) atoms. The fourth-order valence-corrected chi connectivity index (χ4v) is 4.12. The fourth-order valence-electron chi connectivity index (χ4n) is 4.12. The van der Waals surface area contributed by atoms with E-state index in [0.29, 0.717) is 18.0 Å². The van der Waals surface area contributed by atoms with Gasteiger partial charge in [0.1, 0.15) is 5.75 Å². The zero-order valence-corrected chi connectivity index (χ0v) is 16.9. The topological polar surface area (TPSA) is 63.6 Å². The van der Waals surface area contributed by atoms with Crippen LogP contribution >= 0.6 is 0 Å². The molecular formula is C23H25N3O3. The van der Waals surface area contributed by atoms with Crippen LogP contribution in [0.2, 0.25) is 0 Å². The second-order valence-electron chi connectivity index (χ2n) is 7.37. The number of carbonyl (C=O) groups excluding carboxylic acids is 2. The van der Waals surface area contributed by atoms with Crippen LogP contribution in [0.3, 0.4) is 0 Å². The molecule has 6 heteroatoms. The van der Waals surface area contributed by atoms with Crippen molar-refractivity contribution in [3.05, 3.63) is 54.2 Å². The maximum Gasteiger partial charge on any atom is 0.229 e. The van der Waals surface area contributed by atoms with Crippen LogP contribution < -0.4 is 15.0 Å². The van der Waals surface area contributed by atoms with E-state index < -0.39 is 5.92 Å². The van der Waals surface area contributed by atoms with Gasteiger partial charge in [0.25, 0.3) is 0 Å². The van der Waals surface area contributed by atoms with Crippen molar-refractivity contribution in [1.29, 1.82) is 0 Å². The molecule has 0 saturated carbocycles. The molecule has 1 unspecified atom stereocenters. The molecule has 0 radical (unpaired) electrons. The number of rotatable bonds is 5. The van der Waals surface area contributed by atoms with E-state index in [1.54, 1.807) is 12.0 Å². The molecule has 0 spiro atoms. The lowest BCUT2D eigenvalue weighted by atomic mass is 10.1. The molecule has 1 aliphatic heterocycles. The first-order chi connectivity index (χ1) is 14.0. The van der Waals surface area contributed by atoms with E-state index >= 15 is 0 Å². The molecule has 1 aromatic heterocycles. The minimum absolute atomic E-state index is 0.0688. The van der Waals surface area contributed by atoms with Crippen molar-refractivity contribution in [2.75, 3.05) is 23.9 Å². The third kappa shape index (κ3) is 3.46. The zero-order valence-electron chi connectivity index (χ0n) is 16.9.